The van der Waals surface area contributed by atoms with Crippen molar-refractivity contribution < 1.29 is 14.5 Å². The van der Waals surface area contributed by atoms with Crippen LogP contribution in [0.2, 0.25) is 0 Å². The monoisotopic (exact) mass is 369 g/mol. The van der Waals surface area contributed by atoms with Crippen molar-refractivity contribution in [3.63, 3.8) is 0 Å². The number of aryl methyl sites for hydroxylation is 2. The maximum Gasteiger partial charge on any atom is 0.292 e. The lowest BCUT2D eigenvalue weighted by Gasteiger charge is -2.08. The summed E-state index contributed by atoms with van der Waals surface area (Å²) in [6.45, 7) is 4.59. The predicted octanol–water partition coefficient (Wildman–Crippen LogP) is 3.40. The van der Waals surface area contributed by atoms with E-state index in [1.165, 1.54) is 6.07 Å². The van der Waals surface area contributed by atoms with Gasteiger partial charge in [-0.25, -0.2) is 0 Å². The molecule has 0 saturated carbocycles. The van der Waals surface area contributed by atoms with Crippen molar-refractivity contribution in [1.29, 1.82) is 0 Å². The molecule has 7 heteroatoms. The molecular formula is C20H23N3O4. The topological polar surface area (TPSA) is 101 Å². The average Bonchev–Trinajstić information content (AvgIpc) is 2.65. The molecule has 0 aliphatic rings. The molecule has 0 spiro atoms. The van der Waals surface area contributed by atoms with Crippen LogP contribution in [-0.4, -0.2) is 29.7 Å². The molecule has 27 heavy (non-hydrogen) atoms. The zero-order valence-electron chi connectivity index (χ0n) is 15.5. The Morgan fingerprint density at radius 3 is 2.44 bits per heavy atom. The molecule has 0 aliphatic carbocycles. The first-order chi connectivity index (χ1) is 12.9. The highest BCUT2D eigenvalue weighted by atomic mass is 16.6. The van der Waals surface area contributed by atoms with E-state index in [-0.39, 0.29) is 30.2 Å². The van der Waals surface area contributed by atoms with Gasteiger partial charge in [0.25, 0.3) is 5.69 Å². The number of nitro groups is 1. The van der Waals surface area contributed by atoms with Gasteiger partial charge in [-0.3, -0.25) is 19.7 Å². The van der Waals surface area contributed by atoms with E-state index in [1.807, 2.05) is 26.0 Å². The summed E-state index contributed by atoms with van der Waals surface area (Å²) in [6, 6.07) is 11.8. The third-order valence-corrected chi connectivity index (χ3v) is 4.27. The van der Waals surface area contributed by atoms with Gasteiger partial charge in [0, 0.05) is 37.6 Å². The van der Waals surface area contributed by atoms with E-state index in [0.29, 0.717) is 24.3 Å². The molecule has 142 valence electrons. The van der Waals surface area contributed by atoms with Crippen LogP contribution < -0.4 is 10.6 Å². The number of hydrogen-bond donors (Lipinski definition) is 2. The van der Waals surface area contributed by atoms with Crippen LogP contribution in [0, 0.1) is 24.0 Å². The predicted molar refractivity (Wildman–Crippen MR) is 104 cm³/mol. The SMILES string of the molecule is Cc1ccc(C(=O)CCC(=O)NCCNc2ccccc2[N+](=O)[O-])cc1C. The highest BCUT2D eigenvalue weighted by Gasteiger charge is 2.12. The fourth-order valence-corrected chi connectivity index (χ4v) is 2.56. The van der Waals surface area contributed by atoms with Gasteiger partial charge >= 0.3 is 0 Å². The molecule has 0 aliphatic heterocycles. The highest BCUT2D eigenvalue weighted by Crippen LogP contribution is 2.22. The molecule has 2 N–H and O–H groups in total. The van der Waals surface area contributed by atoms with Gasteiger partial charge in [-0.1, -0.05) is 24.3 Å². The molecule has 0 radical (unpaired) electrons. The van der Waals surface area contributed by atoms with Crippen LogP contribution >= 0.6 is 0 Å². The van der Waals surface area contributed by atoms with Crippen molar-refractivity contribution in [2.24, 2.45) is 0 Å². The molecule has 0 fully saturated rings. The Kier molecular flexibility index (Phi) is 7.05. The third-order valence-electron chi connectivity index (χ3n) is 4.27. The summed E-state index contributed by atoms with van der Waals surface area (Å²) in [5.74, 6) is -0.289. The molecule has 0 aromatic heterocycles. The number of carbonyl (C=O) groups excluding carboxylic acids is 2. The fourth-order valence-electron chi connectivity index (χ4n) is 2.56. The molecule has 1 amide bonds. The molecule has 0 atom stereocenters. The number of benzene rings is 2. The van der Waals surface area contributed by atoms with Gasteiger partial charge in [0.05, 0.1) is 4.92 Å². The molecule has 0 heterocycles. The van der Waals surface area contributed by atoms with E-state index >= 15 is 0 Å². The second-order valence-corrected chi connectivity index (χ2v) is 6.27. The number of rotatable bonds is 9. The average molecular weight is 369 g/mol. The summed E-state index contributed by atoms with van der Waals surface area (Å²) in [6.07, 6.45) is 0.253. The minimum absolute atomic E-state index is 0.0113. The van der Waals surface area contributed by atoms with Crippen molar-refractivity contribution in [3.05, 3.63) is 69.3 Å². The summed E-state index contributed by atoms with van der Waals surface area (Å²) < 4.78 is 0. The highest BCUT2D eigenvalue weighted by molar-refractivity contribution is 5.98. The zero-order valence-corrected chi connectivity index (χ0v) is 15.5. The largest absolute Gasteiger partial charge is 0.378 e. The van der Waals surface area contributed by atoms with Gasteiger partial charge in [-0.05, 0) is 37.1 Å². The molecule has 2 rings (SSSR count). The van der Waals surface area contributed by atoms with E-state index < -0.39 is 4.92 Å². The van der Waals surface area contributed by atoms with Crippen molar-refractivity contribution in [3.8, 4) is 0 Å². The number of nitrogens with zero attached hydrogens (tertiary/aromatic N) is 1. The Bertz CT molecular complexity index is 849. The maximum absolute atomic E-state index is 12.2. The van der Waals surface area contributed by atoms with Crippen LogP contribution in [0.4, 0.5) is 11.4 Å². The van der Waals surface area contributed by atoms with Gasteiger partial charge in [-0.2, -0.15) is 0 Å². The second-order valence-electron chi connectivity index (χ2n) is 6.27. The first-order valence-corrected chi connectivity index (χ1v) is 8.73. The van der Waals surface area contributed by atoms with E-state index in [0.717, 1.165) is 11.1 Å². The lowest BCUT2D eigenvalue weighted by molar-refractivity contribution is -0.384. The van der Waals surface area contributed by atoms with Gasteiger partial charge in [0.2, 0.25) is 5.91 Å². The summed E-state index contributed by atoms with van der Waals surface area (Å²) in [7, 11) is 0. The number of amides is 1. The molecule has 7 nitrogen and oxygen atoms in total. The minimum atomic E-state index is -0.459. The smallest absolute Gasteiger partial charge is 0.292 e. The van der Waals surface area contributed by atoms with Crippen LogP contribution in [-0.2, 0) is 4.79 Å². The number of hydrogen-bond acceptors (Lipinski definition) is 5. The van der Waals surface area contributed by atoms with Crippen molar-refractivity contribution in [1.82, 2.24) is 5.32 Å². The normalized spacial score (nSPS) is 10.3. The molecular weight excluding hydrogens is 346 g/mol. The third kappa shape index (κ3) is 5.91. The molecule has 0 unspecified atom stereocenters. The Hall–Kier alpha value is -3.22. The van der Waals surface area contributed by atoms with Crippen LogP contribution in [0.25, 0.3) is 0 Å². The summed E-state index contributed by atoms with van der Waals surface area (Å²) in [5, 5.41) is 16.6. The van der Waals surface area contributed by atoms with Crippen molar-refractivity contribution in [2.45, 2.75) is 26.7 Å². The molecule has 2 aromatic rings. The number of anilines is 1. The summed E-state index contributed by atoms with van der Waals surface area (Å²) in [5.41, 5.74) is 3.18. The number of Topliss-reactive ketones (excluding diaryl/α,β-unsaturated/α-hetero) is 1. The van der Waals surface area contributed by atoms with Crippen molar-refractivity contribution in [2.75, 3.05) is 18.4 Å². The second kappa shape index (κ2) is 9.47. The lowest BCUT2D eigenvalue weighted by Crippen LogP contribution is -2.29. The molecule has 0 bridgehead atoms. The summed E-state index contributed by atoms with van der Waals surface area (Å²) in [4.78, 5) is 34.5. The summed E-state index contributed by atoms with van der Waals surface area (Å²) >= 11 is 0. The van der Waals surface area contributed by atoms with Crippen LogP contribution in [0.15, 0.2) is 42.5 Å². The van der Waals surface area contributed by atoms with Crippen LogP contribution in [0.5, 0.6) is 0 Å². The van der Waals surface area contributed by atoms with Gasteiger partial charge < -0.3 is 10.6 Å². The molecule has 2 aromatic carbocycles. The number of ketones is 1. The number of para-hydroxylation sites is 2. The lowest BCUT2D eigenvalue weighted by atomic mass is 10.0. The Morgan fingerprint density at radius 1 is 1.00 bits per heavy atom. The first-order valence-electron chi connectivity index (χ1n) is 8.73. The maximum atomic E-state index is 12.2. The van der Waals surface area contributed by atoms with Crippen LogP contribution in [0.3, 0.4) is 0 Å². The van der Waals surface area contributed by atoms with Gasteiger partial charge in [0.1, 0.15) is 5.69 Å². The van der Waals surface area contributed by atoms with E-state index in [1.54, 1.807) is 24.3 Å². The number of nitrogens with one attached hydrogen (secondary N) is 2. The van der Waals surface area contributed by atoms with E-state index in [9.17, 15) is 19.7 Å². The zero-order chi connectivity index (χ0) is 19.8. The Balaban J connectivity index is 1.73. The molecule has 0 saturated heterocycles. The Labute approximate surface area is 157 Å². The first kappa shape index (κ1) is 20.1. The van der Waals surface area contributed by atoms with Crippen molar-refractivity contribution >= 4 is 23.1 Å². The number of carbonyl (C=O) groups is 2. The van der Waals surface area contributed by atoms with E-state index in [4.69, 9.17) is 0 Å². The fraction of sp³-hybridized carbons (Fsp3) is 0.300. The minimum Gasteiger partial charge on any atom is -0.378 e. The number of nitro benzene ring substituents is 1. The Morgan fingerprint density at radius 2 is 1.74 bits per heavy atom. The standard InChI is InChI=1S/C20H23N3O4/c1-14-7-8-16(13-15(14)2)19(24)9-10-20(25)22-12-11-21-17-5-3-4-6-18(17)23(26)27/h3-8,13,21H,9-12H2,1-2H3,(H,22,25). The van der Waals surface area contributed by atoms with E-state index in [2.05, 4.69) is 10.6 Å². The van der Waals surface area contributed by atoms with Gasteiger partial charge in [-0.15, -0.1) is 0 Å². The van der Waals surface area contributed by atoms with Crippen LogP contribution in [0.1, 0.15) is 34.3 Å². The van der Waals surface area contributed by atoms with Gasteiger partial charge in [0.15, 0.2) is 5.78 Å². The quantitative estimate of drug-likeness (QED) is 0.305.